The van der Waals surface area contributed by atoms with Gasteiger partial charge in [0, 0.05) is 10.7 Å². The van der Waals surface area contributed by atoms with E-state index in [1.807, 2.05) is 6.92 Å². The number of rotatable bonds is 4. The Morgan fingerprint density at radius 1 is 1.50 bits per heavy atom. The molecular formula is C10H14ClNO3S. The maximum atomic E-state index is 11.6. The Morgan fingerprint density at radius 3 is 2.62 bits per heavy atom. The van der Waals surface area contributed by atoms with Crippen LogP contribution in [0.3, 0.4) is 0 Å². The van der Waals surface area contributed by atoms with Gasteiger partial charge >= 0.3 is 0 Å². The second-order valence-electron chi connectivity index (χ2n) is 3.60. The van der Waals surface area contributed by atoms with Crippen LogP contribution in [0.25, 0.3) is 0 Å². The van der Waals surface area contributed by atoms with Gasteiger partial charge in [0.15, 0.2) is 0 Å². The lowest BCUT2D eigenvalue weighted by atomic mass is 10.2. The second-order valence-corrected chi connectivity index (χ2v) is 6.11. The fourth-order valence-corrected chi connectivity index (χ4v) is 2.05. The quantitative estimate of drug-likeness (QED) is 0.870. The summed E-state index contributed by atoms with van der Waals surface area (Å²) < 4.78 is 25.6. The van der Waals surface area contributed by atoms with E-state index in [0.29, 0.717) is 10.7 Å². The number of benzene rings is 1. The molecule has 1 unspecified atom stereocenters. The number of nitrogens with one attached hydrogen (secondary N) is 1. The van der Waals surface area contributed by atoms with Crippen molar-refractivity contribution in [1.29, 1.82) is 0 Å². The van der Waals surface area contributed by atoms with Crippen molar-refractivity contribution in [3.05, 3.63) is 28.8 Å². The summed E-state index contributed by atoms with van der Waals surface area (Å²) in [7, 11) is -3.55. The predicted octanol–water partition coefficient (Wildman–Crippen LogP) is 1.77. The second kappa shape index (κ2) is 5.03. The average Bonchev–Trinajstić information content (AvgIpc) is 2.22. The lowest BCUT2D eigenvalue weighted by Crippen LogP contribution is -2.28. The molecule has 1 rings (SSSR count). The summed E-state index contributed by atoms with van der Waals surface area (Å²) >= 11 is 5.87. The number of anilines is 1. The Morgan fingerprint density at radius 2 is 2.12 bits per heavy atom. The standard InChI is InChI=1S/C10H14ClNO3S/c1-7-3-4-9(5-10(7)11)12-16(14,15)8(2)6-13/h3-5,8,12-13H,6H2,1-2H3. The first kappa shape index (κ1) is 13.3. The van der Waals surface area contributed by atoms with Gasteiger partial charge in [0.05, 0.1) is 6.61 Å². The highest BCUT2D eigenvalue weighted by Gasteiger charge is 2.19. The molecule has 0 aliphatic carbocycles. The first-order valence-corrected chi connectivity index (χ1v) is 6.68. The van der Waals surface area contributed by atoms with E-state index >= 15 is 0 Å². The summed E-state index contributed by atoms with van der Waals surface area (Å²) in [6, 6.07) is 4.89. The monoisotopic (exact) mass is 263 g/mol. The van der Waals surface area contributed by atoms with Crippen LogP contribution in [0.1, 0.15) is 12.5 Å². The van der Waals surface area contributed by atoms with E-state index in [4.69, 9.17) is 16.7 Å². The van der Waals surface area contributed by atoms with Crippen LogP contribution in [-0.2, 0) is 10.0 Å². The van der Waals surface area contributed by atoms with Crippen LogP contribution in [0, 0.1) is 6.92 Å². The third kappa shape index (κ3) is 3.10. The Balaban J connectivity index is 2.93. The molecule has 0 aliphatic heterocycles. The highest BCUT2D eigenvalue weighted by molar-refractivity contribution is 7.93. The van der Waals surface area contributed by atoms with Crippen molar-refractivity contribution in [2.75, 3.05) is 11.3 Å². The molecule has 0 fully saturated rings. The number of hydrogen-bond acceptors (Lipinski definition) is 3. The van der Waals surface area contributed by atoms with Crippen molar-refractivity contribution in [2.24, 2.45) is 0 Å². The fraction of sp³-hybridized carbons (Fsp3) is 0.400. The SMILES string of the molecule is Cc1ccc(NS(=O)(=O)C(C)CO)cc1Cl. The van der Waals surface area contributed by atoms with Crippen LogP contribution >= 0.6 is 11.6 Å². The molecule has 4 nitrogen and oxygen atoms in total. The van der Waals surface area contributed by atoms with Crippen molar-refractivity contribution in [3.63, 3.8) is 0 Å². The molecule has 1 aromatic rings. The molecule has 0 aliphatic rings. The number of aryl methyl sites for hydroxylation is 1. The topological polar surface area (TPSA) is 66.4 Å². The molecule has 0 amide bonds. The molecule has 90 valence electrons. The molecule has 16 heavy (non-hydrogen) atoms. The molecule has 0 radical (unpaired) electrons. The third-order valence-electron chi connectivity index (χ3n) is 2.22. The van der Waals surface area contributed by atoms with Crippen LogP contribution in [0.4, 0.5) is 5.69 Å². The summed E-state index contributed by atoms with van der Waals surface area (Å²) in [5, 5.41) is 8.44. The smallest absolute Gasteiger partial charge is 0.237 e. The first-order chi connectivity index (χ1) is 7.36. The third-order valence-corrected chi connectivity index (χ3v) is 4.35. The normalized spacial score (nSPS) is 13.5. The molecule has 2 N–H and O–H groups in total. The minimum Gasteiger partial charge on any atom is -0.395 e. The Labute approximate surface area is 100 Å². The van der Waals surface area contributed by atoms with Crippen LogP contribution in [0.2, 0.25) is 5.02 Å². The molecule has 1 atom stereocenters. The highest BCUT2D eigenvalue weighted by atomic mass is 35.5. The Kier molecular flexibility index (Phi) is 4.18. The van der Waals surface area contributed by atoms with Crippen molar-refractivity contribution in [2.45, 2.75) is 19.1 Å². The molecular weight excluding hydrogens is 250 g/mol. The van der Waals surface area contributed by atoms with Gasteiger partial charge < -0.3 is 5.11 Å². The number of hydrogen-bond donors (Lipinski definition) is 2. The van der Waals surface area contributed by atoms with Gasteiger partial charge in [0.25, 0.3) is 0 Å². The van der Waals surface area contributed by atoms with E-state index in [2.05, 4.69) is 4.72 Å². The van der Waals surface area contributed by atoms with Gasteiger partial charge in [-0.1, -0.05) is 17.7 Å². The molecule has 0 aromatic heterocycles. The van der Waals surface area contributed by atoms with Gasteiger partial charge in [0.1, 0.15) is 5.25 Å². The van der Waals surface area contributed by atoms with Crippen LogP contribution in [0.5, 0.6) is 0 Å². The minimum atomic E-state index is -3.55. The van der Waals surface area contributed by atoms with Gasteiger partial charge in [-0.15, -0.1) is 0 Å². The van der Waals surface area contributed by atoms with E-state index in [0.717, 1.165) is 5.56 Å². The molecule has 0 heterocycles. The summed E-state index contributed by atoms with van der Waals surface area (Å²) in [6.45, 7) is 2.84. The largest absolute Gasteiger partial charge is 0.395 e. The minimum absolute atomic E-state index is 0.399. The number of halogens is 1. The van der Waals surface area contributed by atoms with E-state index < -0.39 is 21.9 Å². The fourth-order valence-electron chi connectivity index (χ4n) is 1.02. The molecule has 1 aromatic carbocycles. The predicted molar refractivity (Wildman–Crippen MR) is 65.3 cm³/mol. The Bertz CT molecular complexity index is 473. The van der Waals surface area contributed by atoms with Gasteiger partial charge in [-0.25, -0.2) is 8.42 Å². The summed E-state index contributed by atoms with van der Waals surface area (Å²) in [6.07, 6.45) is 0. The Hall–Kier alpha value is -0.780. The lowest BCUT2D eigenvalue weighted by Gasteiger charge is -2.13. The van der Waals surface area contributed by atoms with E-state index in [9.17, 15) is 8.42 Å². The van der Waals surface area contributed by atoms with Crippen molar-refractivity contribution < 1.29 is 13.5 Å². The van der Waals surface area contributed by atoms with Gasteiger partial charge in [-0.3, -0.25) is 4.72 Å². The van der Waals surface area contributed by atoms with Crippen molar-refractivity contribution >= 4 is 27.3 Å². The van der Waals surface area contributed by atoms with Crippen LogP contribution in [0.15, 0.2) is 18.2 Å². The summed E-state index contributed by atoms with van der Waals surface area (Å²) in [5.41, 5.74) is 1.27. The molecule has 0 saturated carbocycles. The maximum Gasteiger partial charge on any atom is 0.237 e. The van der Waals surface area contributed by atoms with Crippen LogP contribution in [-0.4, -0.2) is 25.4 Å². The van der Waals surface area contributed by atoms with E-state index in [-0.39, 0.29) is 0 Å². The number of aliphatic hydroxyl groups excluding tert-OH is 1. The van der Waals surface area contributed by atoms with Gasteiger partial charge in [-0.2, -0.15) is 0 Å². The van der Waals surface area contributed by atoms with Crippen molar-refractivity contribution in [3.8, 4) is 0 Å². The van der Waals surface area contributed by atoms with Gasteiger partial charge in [-0.05, 0) is 31.5 Å². The highest BCUT2D eigenvalue weighted by Crippen LogP contribution is 2.21. The van der Waals surface area contributed by atoms with Crippen molar-refractivity contribution in [1.82, 2.24) is 0 Å². The molecule has 0 spiro atoms. The lowest BCUT2D eigenvalue weighted by molar-refractivity contribution is 0.296. The maximum absolute atomic E-state index is 11.6. The van der Waals surface area contributed by atoms with E-state index in [1.165, 1.54) is 6.92 Å². The zero-order valence-electron chi connectivity index (χ0n) is 9.07. The zero-order valence-corrected chi connectivity index (χ0v) is 10.6. The van der Waals surface area contributed by atoms with Crippen LogP contribution < -0.4 is 4.72 Å². The van der Waals surface area contributed by atoms with E-state index in [1.54, 1.807) is 18.2 Å². The number of aliphatic hydroxyl groups is 1. The summed E-state index contributed by atoms with van der Waals surface area (Å²) in [4.78, 5) is 0. The number of sulfonamides is 1. The molecule has 0 bridgehead atoms. The average molecular weight is 264 g/mol. The van der Waals surface area contributed by atoms with Gasteiger partial charge in [0.2, 0.25) is 10.0 Å². The zero-order chi connectivity index (χ0) is 12.3. The first-order valence-electron chi connectivity index (χ1n) is 4.75. The molecule has 6 heteroatoms. The molecule has 0 saturated heterocycles. The summed E-state index contributed by atoms with van der Waals surface area (Å²) in [5.74, 6) is 0.